The second-order valence-electron chi connectivity index (χ2n) is 7.37. The highest BCUT2D eigenvalue weighted by Crippen LogP contribution is 2.26. The van der Waals surface area contributed by atoms with Crippen LogP contribution in [0.2, 0.25) is 0 Å². The van der Waals surface area contributed by atoms with E-state index in [0.29, 0.717) is 12.5 Å². The van der Waals surface area contributed by atoms with Gasteiger partial charge in [-0.25, -0.2) is 0 Å². The first-order chi connectivity index (χ1) is 10.9. The van der Waals surface area contributed by atoms with Crippen LogP contribution in [0.1, 0.15) is 46.1 Å². The van der Waals surface area contributed by atoms with Crippen LogP contribution in [0, 0.1) is 5.92 Å². The van der Waals surface area contributed by atoms with Crippen LogP contribution in [-0.2, 0) is 10.2 Å². The van der Waals surface area contributed by atoms with E-state index in [1.54, 1.807) is 0 Å². The number of piperidine rings is 1. The zero-order valence-corrected chi connectivity index (χ0v) is 16.0. The van der Waals surface area contributed by atoms with E-state index in [1.807, 2.05) is 38.1 Å². The summed E-state index contributed by atoms with van der Waals surface area (Å²) in [6.45, 7) is 10.8. The van der Waals surface area contributed by atoms with E-state index in [0.717, 1.165) is 37.2 Å². The van der Waals surface area contributed by atoms with E-state index in [2.05, 4.69) is 24.5 Å². The highest BCUT2D eigenvalue weighted by Gasteiger charge is 2.31. The molecule has 1 aliphatic heterocycles. The normalized spacial score (nSPS) is 18.0. The van der Waals surface area contributed by atoms with E-state index in [9.17, 15) is 4.79 Å². The molecule has 0 spiro atoms. The molecule has 1 unspecified atom stereocenters. The van der Waals surface area contributed by atoms with Crippen LogP contribution in [0.4, 0.5) is 0 Å². The quantitative estimate of drug-likeness (QED) is 0.824. The molecule has 2 N–H and O–H groups in total. The maximum absolute atomic E-state index is 12.7. The molecule has 136 valence electrons. The summed E-state index contributed by atoms with van der Waals surface area (Å²) in [7, 11) is 0. The van der Waals surface area contributed by atoms with Crippen LogP contribution in [-0.4, -0.2) is 31.6 Å². The van der Waals surface area contributed by atoms with E-state index < -0.39 is 5.41 Å². The zero-order valence-electron chi connectivity index (χ0n) is 15.2. The van der Waals surface area contributed by atoms with Crippen LogP contribution in [0.25, 0.3) is 0 Å². The number of nitrogens with one attached hydrogen (secondary N) is 2. The molecule has 1 saturated heterocycles. The molecule has 0 aromatic heterocycles. The summed E-state index contributed by atoms with van der Waals surface area (Å²) < 4.78 is 5.71. The van der Waals surface area contributed by atoms with E-state index in [1.165, 1.54) is 0 Å². The summed E-state index contributed by atoms with van der Waals surface area (Å²) in [6.07, 6.45) is 2.17. The third-order valence-corrected chi connectivity index (χ3v) is 4.36. The van der Waals surface area contributed by atoms with Gasteiger partial charge in [-0.15, -0.1) is 12.4 Å². The van der Waals surface area contributed by atoms with Crippen molar-refractivity contribution < 1.29 is 9.53 Å². The highest BCUT2D eigenvalue weighted by molar-refractivity contribution is 5.87. The number of hydrogen-bond donors (Lipinski definition) is 2. The minimum atomic E-state index is -0.548. The van der Waals surface area contributed by atoms with Gasteiger partial charge in [0.05, 0.1) is 12.0 Å². The van der Waals surface area contributed by atoms with Gasteiger partial charge >= 0.3 is 0 Å². The van der Waals surface area contributed by atoms with E-state index in [-0.39, 0.29) is 24.4 Å². The number of halogens is 1. The second kappa shape index (κ2) is 9.28. The largest absolute Gasteiger partial charge is 0.493 e. The summed E-state index contributed by atoms with van der Waals surface area (Å²) in [5.74, 6) is 1.44. The van der Waals surface area contributed by atoms with E-state index in [4.69, 9.17) is 4.74 Å². The standard InChI is InChI=1S/C19H30N2O2.ClH/c1-14(2)13-23-17-9-7-15(8-10-17)19(3,4)18(22)21-16-6-5-11-20-12-16;/h7-10,14,16,20H,5-6,11-13H2,1-4H3,(H,21,22);1H. The molecular weight excluding hydrogens is 324 g/mol. The average Bonchev–Trinajstić information content (AvgIpc) is 2.54. The van der Waals surface area contributed by atoms with Gasteiger partial charge in [0.2, 0.25) is 5.91 Å². The van der Waals surface area contributed by atoms with Crippen molar-refractivity contribution in [2.45, 2.75) is 52.0 Å². The minimum absolute atomic E-state index is 0. The Bertz CT molecular complexity index is 509. The van der Waals surface area contributed by atoms with Crippen LogP contribution >= 0.6 is 12.4 Å². The van der Waals surface area contributed by atoms with Gasteiger partial charge in [0.1, 0.15) is 5.75 Å². The number of rotatable bonds is 6. The molecule has 0 saturated carbocycles. The summed E-state index contributed by atoms with van der Waals surface area (Å²) in [5, 5.41) is 6.51. The Morgan fingerprint density at radius 1 is 1.33 bits per heavy atom. The summed E-state index contributed by atoms with van der Waals surface area (Å²) in [6, 6.07) is 8.14. The lowest BCUT2D eigenvalue weighted by atomic mass is 9.83. The van der Waals surface area contributed by atoms with Gasteiger partial charge < -0.3 is 15.4 Å². The molecule has 24 heavy (non-hydrogen) atoms. The highest BCUT2D eigenvalue weighted by atomic mass is 35.5. The molecule has 1 amide bonds. The van der Waals surface area contributed by atoms with Crippen molar-refractivity contribution in [1.82, 2.24) is 10.6 Å². The summed E-state index contributed by atoms with van der Waals surface area (Å²) >= 11 is 0. The Hall–Kier alpha value is -1.26. The first kappa shape index (κ1) is 20.8. The molecule has 0 radical (unpaired) electrons. The molecule has 0 bridgehead atoms. The maximum Gasteiger partial charge on any atom is 0.230 e. The molecule has 0 aliphatic carbocycles. The fourth-order valence-corrected chi connectivity index (χ4v) is 2.70. The lowest BCUT2D eigenvalue weighted by Gasteiger charge is -2.30. The Morgan fingerprint density at radius 3 is 2.54 bits per heavy atom. The maximum atomic E-state index is 12.7. The SMILES string of the molecule is CC(C)COc1ccc(C(C)(C)C(=O)NC2CCCNC2)cc1.Cl. The molecular formula is C19H31ClN2O2. The van der Waals surface area contributed by atoms with Crippen molar-refractivity contribution in [3.8, 4) is 5.75 Å². The van der Waals surface area contributed by atoms with Crippen LogP contribution in [0.5, 0.6) is 5.75 Å². The van der Waals surface area contributed by atoms with Gasteiger partial charge in [0, 0.05) is 12.6 Å². The predicted molar refractivity (Wildman–Crippen MR) is 101 cm³/mol. The van der Waals surface area contributed by atoms with Crippen molar-refractivity contribution in [3.63, 3.8) is 0 Å². The number of ether oxygens (including phenoxy) is 1. The van der Waals surface area contributed by atoms with Gasteiger partial charge in [0.15, 0.2) is 0 Å². The van der Waals surface area contributed by atoms with Gasteiger partial charge in [-0.3, -0.25) is 4.79 Å². The molecule has 1 aromatic carbocycles. The second-order valence-corrected chi connectivity index (χ2v) is 7.37. The number of carbonyl (C=O) groups excluding carboxylic acids is 1. The van der Waals surface area contributed by atoms with Gasteiger partial charge in [-0.05, 0) is 56.8 Å². The van der Waals surface area contributed by atoms with Crippen molar-refractivity contribution in [3.05, 3.63) is 29.8 Å². The smallest absolute Gasteiger partial charge is 0.230 e. The van der Waals surface area contributed by atoms with Crippen molar-refractivity contribution >= 4 is 18.3 Å². The van der Waals surface area contributed by atoms with Crippen molar-refractivity contribution in [2.24, 2.45) is 5.92 Å². The molecule has 1 heterocycles. The first-order valence-electron chi connectivity index (χ1n) is 8.64. The van der Waals surface area contributed by atoms with E-state index >= 15 is 0 Å². The molecule has 1 fully saturated rings. The van der Waals surface area contributed by atoms with Gasteiger partial charge in [-0.1, -0.05) is 26.0 Å². The number of hydrogen-bond acceptors (Lipinski definition) is 3. The van der Waals surface area contributed by atoms with Crippen molar-refractivity contribution in [2.75, 3.05) is 19.7 Å². The van der Waals surface area contributed by atoms with Crippen molar-refractivity contribution in [1.29, 1.82) is 0 Å². The van der Waals surface area contributed by atoms with Gasteiger partial charge in [-0.2, -0.15) is 0 Å². The van der Waals surface area contributed by atoms with Crippen LogP contribution in [0.15, 0.2) is 24.3 Å². The van der Waals surface area contributed by atoms with Gasteiger partial charge in [0.25, 0.3) is 0 Å². The Kier molecular flexibility index (Phi) is 8.04. The summed E-state index contributed by atoms with van der Waals surface area (Å²) in [5.41, 5.74) is 0.462. The summed E-state index contributed by atoms with van der Waals surface area (Å²) in [4.78, 5) is 12.7. The fraction of sp³-hybridized carbons (Fsp3) is 0.632. The third-order valence-electron chi connectivity index (χ3n) is 4.36. The molecule has 4 nitrogen and oxygen atoms in total. The minimum Gasteiger partial charge on any atom is -0.493 e. The number of amides is 1. The Balaban J connectivity index is 0.00000288. The third kappa shape index (κ3) is 5.67. The molecule has 1 aliphatic rings. The Labute approximate surface area is 152 Å². The number of carbonyl (C=O) groups is 1. The van der Waals surface area contributed by atoms with Crippen LogP contribution in [0.3, 0.4) is 0 Å². The molecule has 5 heteroatoms. The van der Waals surface area contributed by atoms with Crippen LogP contribution < -0.4 is 15.4 Å². The zero-order chi connectivity index (χ0) is 16.9. The lowest BCUT2D eigenvalue weighted by molar-refractivity contribution is -0.126. The molecule has 1 aromatic rings. The fourth-order valence-electron chi connectivity index (χ4n) is 2.70. The Morgan fingerprint density at radius 2 is 2.00 bits per heavy atom. The molecule has 1 atom stereocenters. The lowest BCUT2D eigenvalue weighted by Crippen LogP contribution is -2.50. The average molecular weight is 355 g/mol. The molecule has 2 rings (SSSR count). The first-order valence-corrected chi connectivity index (χ1v) is 8.64. The number of benzene rings is 1. The topological polar surface area (TPSA) is 50.4 Å². The predicted octanol–water partition coefficient (Wildman–Crippen LogP) is 3.29. The monoisotopic (exact) mass is 354 g/mol.